The minimum atomic E-state index is -0.949. The van der Waals surface area contributed by atoms with E-state index in [1.807, 2.05) is 48.5 Å². The number of amides is 3. The number of aliphatic hydroxyl groups is 1. The molecule has 3 atom stereocenters. The Kier molecular flexibility index (Phi) is 9.98. The van der Waals surface area contributed by atoms with Crippen LogP contribution in [0.5, 0.6) is 0 Å². The Morgan fingerprint density at radius 3 is 2.63 bits per heavy atom. The first-order valence-electron chi connectivity index (χ1n) is 13.1. The predicted molar refractivity (Wildman–Crippen MR) is 153 cm³/mol. The average molecular weight is 581 g/mol. The van der Waals surface area contributed by atoms with Gasteiger partial charge in [0.1, 0.15) is 12.6 Å². The van der Waals surface area contributed by atoms with Gasteiger partial charge in [-0.2, -0.15) is 0 Å². The second-order valence-electron chi connectivity index (χ2n) is 9.58. The highest BCUT2D eigenvalue weighted by Crippen LogP contribution is 2.24. The van der Waals surface area contributed by atoms with Gasteiger partial charge in [-0.05, 0) is 30.5 Å². The van der Waals surface area contributed by atoms with Crippen LogP contribution >= 0.6 is 11.3 Å². The van der Waals surface area contributed by atoms with Crippen LogP contribution in [0.4, 0.5) is 4.79 Å². The number of aromatic nitrogens is 1. The number of carbonyl (C=O) groups excluding carboxylic acids is 4. The molecule has 0 bridgehead atoms. The molecule has 1 aromatic heterocycles. The van der Waals surface area contributed by atoms with Gasteiger partial charge in [-0.1, -0.05) is 42.5 Å². The van der Waals surface area contributed by atoms with Gasteiger partial charge in [0.2, 0.25) is 17.6 Å². The molecule has 0 radical (unpaired) electrons. The summed E-state index contributed by atoms with van der Waals surface area (Å²) in [5.74, 6) is -1.37. The van der Waals surface area contributed by atoms with Crippen LogP contribution in [0.1, 0.15) is 41.6 Å². The third kappa shape index (κ3) is 8.08. The smallest absolute Gasteiger partial charge is 0.414 e. The normalized spacial score (nSPS) is 17.7. The minimum Gasteiger partial charge on any atom is -0.444 e. The lowest BCUT2D eigenvalue weighted by Crippen LogP contribution is -2.50. The number of likely N-dealkylation sites (tertiary alicyclic amines) is 1. The van der Waals surface area contributed by atoms with E-state index in [1.54, 1.807) is 6.07 Å². The van der Waals surface area contributed by atoms with Crippen molar-refractivity contribution in [1.82, 2.24) is 20.5 Å². The van der Waals surface area contributed by atoms with Crippen LogP contribution < -0.4 is 16.4 Å². The van der Waals surface area contributed by atoms with Crippen molar-refractivity contribution < 1.29 is 29.0 Å². The number of nitrogens with two attached hydrogens (primary N) is 1. The number of aliphatic hydroxyl groups excluding tert-OH is 1. The zero-order valence-corrected chi connectivity index (χ0v) is 23.3. The number of thiazole rings is 1. The molecule has 1 fully saturated rings. The molecule has 0 aliphatic carbocycles. The summed E-state index contributed by atoms with van der Waals surface area (Å²) in [6, 6.07) is 14.7. The molecule has 0 unspecified atom stereocenters. The Morgan fingerprint density at radius 1 is 1.17 bits per heavy atom. The van der Waals surface area contributed by atoms with E-state index in [4.69, 9.17) is 10.5 Å². The van der Waals surface area contributed by atoms with Crippen molar-refractivity contribution in [3.05, 3.63) is 65.2 Å². The molecule has 3 aromatic rings. The van der Waals surface area contributed by atoms with E-state index in [0.717, 1.165) is 10.3 Å². The monoisotopic (exact) mass is 580 g/mol. The number of hydrogen-bond donors (Lipinski definition) is 4. The van der Waals surface area contributed by atoms with Crippen LogP contribution in [0.15, 0.2) is 59.6 Å². The number of rotatable bonds is 10. The van der Waals surface area contributed by atoms with Crippen molar-refractivity contribution in [1.29, 1.82) is 0 Å². The summed E-state index contributed by atoms with van der Waals surface area (Å²) in [6.07, 6.45) is -0.949. The van der Waals surface area contributed by atoms with E-state index >= 15 is 0 Å². The maximum absolute atomic E-state index is 13.5. The van der Waals surface area contributed by atoms with Crippen molar-refractivity contribution in [2.75, 3.05) is 13.1 Å². The summed E-state index contributed by atoms with van der Waals surface area (Å²) in [7, 11) is 0. The van der Waals surface area contributed by atoms with E-state index in [-0.39, 0.29) is 55.2 Å². The second kappa shape index (κ2) is 13.8. The van der Waals surface area contributed by atoms with Crippen LogP contribution in [0.25, 0.3) is 10.2 Å². The number of ketones is 1. The quantitative estimate of drug-likeness (QED) is 0.122. The third-order valence-corrected chi connectivity index (χ3v) is 7.55. The van der Waals surface area contributed by atoms with Gasteiger partial charge in [0.15, 0.2) is 11.0 Å². The van der Waals surface area contributed by atoms with Crippen LogP contribution in [0.3, 0.4) is 0 Å². The molecular weight excluding hydrogens is 548 g/mol. The van der Waals surface area contributed by atoms with E-state index < -0.39 is 30.2 Å². The third-order valence-electron chi connectivity index (χ3n) is 6.50. The Bertz CT molecular complexity index is 1390. The number of Topliss-reactive ketones (excluding diaryl/α,β-unsaturated/α-hetero) is 1. The lowest BCUT2D eigenvalue weighted by Gasteiger charge is -2.24. The van der Waals surface area contributed by atoms with Crippen molar-refractivity contribution in [3.63, 3.8) is 0 Å². The summed E-state index contributed by atoms with van der Waals surface area (Å²) in [5.41, 5.74) is 7.30. The van der Waals surface area contributed by atoms with Gasteiger partial charge in [0.25, 0.3) is 0 Å². The number of guanidine groups is 1. The molecule has 5 N–H and O–H groups in total. The lowest BCUT2D eigenvalue weighted by atomic mass is 10.1. The fraction of sp³-hybridized carbons (Fsp3) is 0.357. The fourth-order valence-electron chi connectivity index (χ4n) is 4.47. The Balaban J connectivity index is 1.37. The van der Waals surface area contributed by atoms with Gasteiger partial charge in [0.05, 0.1) is 22.4 Å². The van der Waals surface area contributed by atoms with Crippen LogP contribution in [0, 0.1) is 0 Å². The number of aliphatic imine (C=N–C) groups is 1. The molecule has 41 heavy (non-hydrogen) atoms. The molecule has 12 nitrogen and oxygen atoms in total. The standard InChI is InChI=1S/C28H32N6O6S/c1-17(35)34-15-19(36)14-22(34)25(38)31-21(24(37)26-32-20-10-5-6-12-23(20)41-26)11-7-13-30-27(29)33-28(39)40-16-18-8-3-2-4-9-18/h2-6,8-10,12,19,21-22,36H,7,11,13-16H2,1H3,(H,31,38)(H3,29,30,33,39)/t19-,21+,22+/m1/s1. The summed E-state index contributed by atoms with van der Waals surface area (Å²) in [4.78, 5) is 60.5. The highest BCUT2D eigenvalue weighted by atomic mass is 32.1. The number of ether oxygens (including phenoxy) is 1. The number of nitrogens with zero attached hydrogens (tertiary/aromatic N) is 3. The summed E-state index contributed by atoms with van der Waals surface area (Å²) in [6.45, 7) is 1.62. The number of fused-ring (bicyclic) bond motifs is 1. The van der Waals surface area contributed by atoms with Crippen LogP contribution in [0.2, 0.25) is 0 Å². The first-order chi connectivity index (χ1) is 19.7. The highest BCUT2D eigenvalue weighted by molar-refractivity contribution is 7.20. The van der Waals surface area contributed by atoms with E-state index in [2.05, 4.69) is 20.6 Å². The molecule has 1 saturated heterocycles. The summed E-state index contributed by atoms with van der Waals surface area (Å²) in [5, 5.41) is 15.4. The van der Waals surface area contributed by atoms with Crippen LogP contribution in [-0.2, 0) is 20.9 Å². The largest absolute Gasteiger partial charge is 0.444 e. The first-order valence-corrected chi connectivity index (χ1v) is 14.0. The number of hydrogen-bond acceptors (Lipinski definition) is 9. The highest BCUT2D eigenvalue weighted by Gasteiger charge is 2.39. The predicted octanol–water partition coefficient (Wildman–Crippen LogP) is 1.97. The maximum Gasteiger partial charge on any atom is 0.414 e. The molecular formula is C28H32N6O6S. The Labute approximate surface area is 240 Å². The minimum absolute atomic E-state index is 0.0542. The van der Waals surface area contributed by atoms with E-state index in [9.17, 15) is 24.3 Å². The van der Waals surface area contributed by atoms with Gasteiger partial charge in [0, 0.05) is 26.4 Å². The molecule has 216 valence electrons. The van der Waals surface area contributed by atoms with Gasteiger partial charge in [-0.3, -0.25) is 24.7 Å². The van der Waals surface area contributed by atoms with Crippen LogP contribution in [-0.4, -0.2) is 75.9 Å². The zero-order chi connectivity index (χ0) is 29.4. The van der Waals surface area contributed by atoms with E-state index in [0.29, 0.717) is 11.9 Å². The molecule has 0 saturated carbocycles. The summed E-state index contributed by atoms with van der Waals surface area (Å²) >= 11 is 1.23. The number of carbonyl (C=O) groups is 4. The zero-order valence-electron chi connectivity index (χ0n) is 22.5. The number of para-hydroxylation sites is 1. The molecule has 2 aromatic carbocycles. The topological polar surface area (TPSA) is 176 Å². The molecule has 2 heterocycles. The number of alkyl carbamates (subject to hydrolysis) is 1. The maximum atomic E-state index is 13.5. The second-order valence-corrected chi connectivity index (χ2v) is 10.6. The fourth-order valence-corrected chi connectivity index (χ4v) is 5.43. The summed E-state index contributed by atoms with van der Waals surface area (Å²) < 4.78 is 5.96. The molecule has 1 aliphatic rings. The Morgan fingerprint density at radius 2 is 1.90 bits per heavy atom. The molecule has 13 heteroatoms. The lowest BCUT2D eigenvalue weighted by molar-refractivity contribution is -0.137. The molecule has 4 rings (SSSR count). The number of β-amino-alcohol motifs (C(OH)–C–C–N with tert-alkyl or cyclic N) is 1. The average Bonchev–Trinajstić information content (AvgIpc) is 3.57. The van der Waals surface area contributed by atoms with Crippen molar-refractivity contribution in [2.45, 2.75) is 51.0 Å². The van der Waals surface area contributed by atoms with Gasteiger partial charge in [-0.15, -0.1) is 11.3 Å². The number of benzene rings is 2. The molecule has 3 amide bonds. The van der Waals surface area contributed by atoms with Gasteiger partial charge >= 0.3 is 6.09 Å². The van der Waals surface area contributed by atoms with Gasteiger partial charge in [-0.25, -0.2) is 9.78 Å². The molecule has 0 spiro atoms. The SMILES string of the molecule is CC(=O)N1C[C@H](O)C[C@H]1C(=O)N[C@@H](CCCN=C(N)NC(=O)OCc1ccccc1)C(=O)c1nc2ccccc2s1. The van der Waals surface area contributed by atoms with Crippen molar-refractivity contribution in [2.24, 2.45) is 10.7 Å². The van der Waals surface area contributed by atoms with Crippen molar-refractivity contribution in [3.8, 4) is 0 Å². The van der Waals surface area contributed by atoms with E-state index in [1.165, 1.54) is 23.2 Å². The van der Waals surface area contributed by atoms with Gasteiger partial charge < -0.3 is 25.8 Å². The Hall–Kier alpha value is -4.36. The molecule has 1 aliphatic heterocycles. The number of nitrogens with one attached hydrogen (secondary N) is 2. The van der Waals surface area contributed by atoms with Crippen molar-refractivity contribution >= 4 is 51.2 Å². The first kappa shape index (κ1) is 29.6.